The molecule has 9 heteroatoms. The van der Waals surface area contributed by atoms with Crippen LogP contribution in [0.1, 0.15) is 5.56 Å². The van der Waals surface area contributed by atoms with Gasteiger partial charge in [0.25, 0.3) is 5.91 Å². The lowest BCUT2D eigenvalue weighted by molar-refractivity contribution is -0.123. The molecule has 2 rings (SSSR count). The van der Waals surface area contributed by atoms with Crippen LogP contribution >= 0.6 is 23.8 Å². The van der Waals surface area contributed by atoms with Crippen LogP contribution in [-0.4, -0.2) is 30.6 Å². The second-order valence-corrected chi connectivity index (χ2v) is 6.10. The van der Waals surface area contributed by atoms with Crippen molar-refractivity contribution < 1.29 is 19.1 Å². The maximum atomic E-state index is 11.8. The average molecular weight is 420 g/mol. The van der Waals surface area contributed by atoms with Crippen LogP contribution in [0, 0.1) is 0 Å². The Bertz CT molecular complexity index is 889. The van der Waals surface area contributed by atoms with E-state index in [1.807, 2.05) is 0 Å². The van der Waals surface area contributed by atoms with Gasteiger partial charge in [-0.1, -0.05) is 41.9 Å². The molecule has 2 aromatic carbocycles. The van der Waals surface area contributed by atoms with E-state index in [0.717, 1.165) is 0 Å². The SMILES string of the molecule is COc1ccccc1OCC(=O)NNC(=S)NC(=O)C=Cc1ccccc1Cl. The average Bonchev–Trinajstić information content (AvgIpc) is 2.70. The number of halogens is 1. The van der Waals surface area contributed by atoms with E-state index >= 15 is 0 Å². The summed E-state index contributed by atoms with van der Waals surface area (Å²) in [5.41, 5.74) is 5.43. The quantitative estimate of drug-likeness (QED) is 0.378. The minimum absolute atomic E-state index is 0.0700. The van der Waals surface area contributed by atoms with Gasteiger partial charge in [0.05, 0.1) is 7.11 Å². The molecule has 0 aliphatic rings. The first-order valence-electron chi connectivity index (χ1n) is 8.08. The number of carbonyl (C=O) groups excluding carboxylic acids is 2. The molecule has 0 unspecified atom stereocenters. The maximum Gasteiger partial charge on any atom is 0.276 e. The third kappa shape index (κ3) is 6.90. The van der Waals surface area contributed by atoms with E-state index in [-0.39, 0.29) is 11.7 Å². The first kappa shape index (κ1) is 21.2. The molecule has 0 fully saturated rings. The van der Waals surface area contributed by atoms with Gasteiger partial charge in [0.1, 0.15) is 0 Å². The van der Waals surface area contributed by atoms with Crippen molar-refractivity contribution in [1.82, 2.24) is 16.2 Å². The summed E-state index contributed by atoms with van der Waals surface area (Å²) in [7, 11) is 1.51. The number of methoxy groups -OCH3 is 1. The fraction of sp³-hybridized carbons (Fsp3) is 0.105. The molecule has 2 amide bonds. The topological polar surface area (TPSA) is 88.7 Å². The smallest absolute Gasteiger partial charge is 0.276 e. The Labute approximate surface area is 172 Å². The highest BCUT2D eigenvalue weighted by atomic mass is 35.5. The van der Waals surface area contributed by atoms with E-state index in [1.165, 1.54) is 13.2 Å². The zero-order valence-corrected chi connectivity index (χ0v) is 16.5. The highest BCUT2D eigenvalue weighted by Crippen LogP contribution is 2.25. The van der Waals surface area contributed by atoms with Gasteiger partial charge in [-0.3, -0.25) is 25.8 Å². The van der Waals surface area contributed by atoms with Gasteiger partial charge in [-0.25, -0.2) is 0 Å². The number of ether oxygens (including phenoxy) is 2. The Balaban J connectivity index is 1.73. The number of carbonyl (C=O) groups is 2. The first-order chi connectivity index (χ1) is 13.5. The molecule has 3 N–H and O–H groups in total. The van der Waals surface area contributed by atoms with Crippen LogP contribution in [-0.2, 0) is 9.59 Å². The lowest BCUT2D eigenvalue weighted by atomic mass is 10.2. The standard InChI is InChI=1S/C19H18ClN3O4S/c1-26-15-8-4-5-9-16(15)27-12-18(25)22-23-19(28)21-17(24)11-10-13-6-2-3-7-14(13)20/h2-11H,12H2,1H3,(H,22,25)(H2,21,23,24,28). The van der Waals surface area contributed by atoms with Crippen LogP contribution in [0.4, 0.5) is 0 Å². The van der Waals surface area contributed by atoms with Crippen LogP contribution in [0.25, 0.3) is 6.08 Å². The van der Waals surface area contributed by atoms with Crippen molar-refractivity contribution in [2.75, 3.05) is 13.7 Å². The molecule has 7 nitrogen and oxygen atoms in total. The first-order valence-corrected chi connectivity index (χ1v) is 8.86. The predicted molar refractivity (Wildman–Crippen MR) is 111 cm³/mol. The fourth-order valence-electron chi connectivity index (χ4n) is 2.00. The van der Waals surface area contributed by atoms with Gasteiger partial charge in [-0.15, -0.1) is 0 Å². The van der Waals surface area contributed by atoms with E-state index in [0.29, 0.717) is 22.1 Å². The maximum absolute atomic E-state index is 11.8. The van der Waals surface area contributed by atoms with Crippen LogP contribution in [0.3, 0.4) is 0 Å². The summed E-state index contributed by atoms with van der Waals surface area (Å²) in [4.78, 5) is 23.7. The van der Waals surface area contributed by atoms with Crippen molar-refractivity contribution in [2.24, 2.45) is 0 Å². The zero-order chi connectivity index (χ0) is 20.4. The third-order valence-electron chi connectivity index (χ3n) is 3.30. The highest BCUT2D eigenvalue weighted by Gasteiger charge is 2.08. The summed E-state index contributed by atoms with van der Waals surface area (Å²) in [6.45, 7) is -0.268. The molecule has 0 saturated carbocycles. The summed E-state index contributed by atoms with van der Waals surface area (Å²) in [6.07, 6.45) is 2.84. The third-order valence-corrected chi connectivity index (χ3v) is 3.85. The molecular formula is C19H18ClN3O4S. The lowest BCUT2D eigenvalue weighted by Crippen LogP contribution is -2.49. The lowest BCUT2D eigenvalue weighted by Gasteiger charge is -2.12. The van der Waals surface area contributed by atoms with Gasteiger partial charge < -0.3 is 9.47 Å². The van der Waals surface area contributed by atoms with E-state index in [1.54, 1.807) is 54.6 Å². The summed E-state index contributed by atoms with van der Waals surface area (Å²) in [5, 5.41) is 2.85. The molecule has 0 heterocycles. The number of hydrogen-bond acceptors (Lipinski definition) is 5. The van der Waals surface area contributed by atoms with E-state index < -0.39 is 11.8 Å². The van der Waals surface area contributed by atoms with Crippen LogP contribution in [0.15, 0.2) is 54.6 Å². The summed E-state index contributed by atoms with van der Waals surface area (Å²) in [5.74, 6) is -0.0249. The largest absolute Gasteiger partial charge is 0.493 e. The zero-order valence-electron chi connectivity index (χ0n) is 14.9. The molecule has 0 bridgehead atoms. The Morgan fingerprint density at radius 3 is 2.46 bits per heavy atom. The number of para-hydroxylation sites is 2. The summed E-state index contributed by atoms with van der Waals surface area (Å²) >= 11 is 10.9. The Morgan fingerprint density at radius 1 is 1.07 bits per heavy atom. The molecular weight excluding hydrogens is 402 g/mol. The normalized spacial score (nSPS) is 10.2. The molecule has 0 radical (unpaired) electrons. The number of benzene rings is 2. The Morgan fingerprint density at radius 2 is 1.75 bits per heavy atom. The molecule has 146 valence electrons. The molecule has 0 aromatic heterocycles. The van der Waals surface area contributed by atoms with E-state index in [2.05, 4.69) is 16.2 Å². The van der Waals surface area contributed by atoms with Gasteiger partial charge in [0.2, 0.25) is 5.91 Å². The van der Waals surface area contributed by atoms with Crippen molar-refractivity contribution >= 4 is 46.8 Å². The van der Waals surface area contributed by atoms with Crippen molar-refractivity contribution in [2.45, 2.75) is 0 Å². The van der Waals surface area contributed by atoms with Crippen LogP contribution in [0.2, 0.25) is 5.02 Å². The molecule has 0 aliphatic carbocycles. The monoisotopic (exact) mass is 419 g/mol. The predicted octanol–water partition coefficient (Wildman–Crippen LogP) is 2.46. The molecule has 2 aromatic rings. The number of hydrogen-bond donors (Lipinski definition) is 3. The molecule has 28 heavy (non-hydrogen) atoms. The van der Waals surface area contributed by atoms with Crippen molar-refractivity contribution in [1.29, 1.82) is 0 Å². The van der Waals surface area contributed by atoms with Crippen LogP contribution < -0.4 is 25.6 Å². The van der Waals surface area contributed by atoms with Crippen molar-refractivity contribution in [3.63, 3.8) is 0 Å². The van der Waals surface area contributed by atoms with Gasteiger partial charge in [-0.2, -0.15) is 0 Å². The van der Waals surface area contributed by atoms with E-state index in [9.17, 15) is 9.59 Å². The minimum atomic E-state index is -0.492. The van der Waals surface area contributed by atoms with Gasteiger partial charge >= 0.3 is 0 Å². The second-order valence-electron chi connectivity index (χ2n) is 5.29. The minimum Gasteiger partial charge on any atom is -0.493 e. The fourth-order valence-corrected chi connectivity index (χ4v) is 2.35. The number of rotatable bonds is 6. The number of hydrazine groups is 1. The number of nitrogens with one attached hydrogen (secondary N) is 3. The van der Waals surface area contributed by atoms with E-state index in [4.69, 9.17) is 33.3 Å². The summed E-state index contributed by atoms with van der Waals surface area (Å²) < 4.78 is 10.5. The molecule has 0 saturated heterocycles. The number of thiocarbonyl (C=S) groups is 1. The molecule has 0 aliphatic heterocycles. The number of amides is 2. The molecule has 0 spiro atoms. The van der Waals surface area contributed by atoms with Gasteiger partial charge in [0, 0.05) is 11.1 Å². The van der Waals surface area contributed by atoms with Crippen molar-refractivity contribution in [3.05, 3.63) is 65.2 Å². The van der Waals surface area contributed by atoms with Crippen LogP contribution in [0.5, 0.6) is 11.5 Å². The van der Waals surface area contributed by atoms with Crippen molar-refractivity contribution in [3.8, 4) is 11.5 Å². The highest BCUT2D eigenvalue weighted by molar-refractivity contribution is 7.80. The van der Waals surface area contributed by atoms with Gasteiger partial charge in [0.15, 0.2) is 23.2 Å². The second kappa shape index (κ2) is 10.9. The Hall–Kier alpha value is -3.10. The summed E-state index contributed by atoms with van der Waals surface area (Å²) in [6, 6.07) is 14.0. The Kier molecular flexibility index (Phi) is 8.26. The van der Waals surface area contributed by atoms with Gasteiger partial charge in [-0.05, 0) is 42.1 Å². The molecule has 0 atom stereocenters.